The average Bonchev–Trinajstić information content (AvgIpc) is 2.67. The Balaban J connectivity index is 1.86. The third-order valence-corrected chi connectivity index (χ3v) is 5.98. The summed E-state index contributed by atoms with van der Waals surface area (Å²) in [7, 11) is 0. The van der Waals surface area contributed by atoms with Crippen molar-refractivity contribution in [1.29, 1.82) is 0 Å². The predicted octanol–water partition coefficient (Wildman–Crippen LogP) is 6.11. The second-order valence-electron chi connectivity index (χ2n) is 6.99. The van der Waals surface area contributed by atoms with Crippen molar-refractivity contribution in [2.75, 3.05) is 5.32 Å². The molecule has 27 heavy (non-hydrogen) atoms. The molecule has 0 fully saturated rings. The molecule has 2 heterocycles. The maximum Gasteiger partial charge on any atom is 0.161 e. The summed E-state index contributed by atoms with van der Waals surface area (Å²) in [6, 6.07) is 13.6. The molecular weight excluding hydrogens is 379 g/mol. The summed E-state index contributed by atoms with van der Waals surface area (Å²) in [5.41, 5.74) is 5.72. The summed E-state index contributed by atoms with van der Waals surface area (Å²) in [6.07, 6.45) is 4.09. The molecular formula is C22H16Cl2N2O. The highest BCUT2D eigenvalue weighted by molar-refractivity contribution is 6.35. The van der Waals surface area contributed by atoms with Crippen LogP contribution in [0.1, 0.15) is 36.3 Å². The number of nitrogens with zero attached hydrogens (tertiary/aromatic N) is 1. The number of hydrogen-bond donors (Lipinski definition) is 1. The van der Waals surface area contributed by atoms with Crippen molar-refractivity contribution in [2.45, 2.75) is 25.2 Å². The number of benzene rings is 2. The predicted molar refractivity (Wildman–Crippen MR) is 110 cm³/mol. The zero-order valence-corrected chi connectivity index (χ0v) is 15.9. The van der Waals surface area contributed by atoms with Gasteiger partial charge in [-0.05, 0) is 54.3 Å². The molecule has 3 nitrogen and oxygen atoms in total. The van der Waals surface area contributed by atoms with Crippen molar-refractivity contribution in [3.05, 3.63) is 81.1 Å². The van der Waals surface area contributed by atoms with E-state index in [0.29, 0.717) is 16.5 Å². The molecule has 2 aromatic carbocycles. The molecule has 5 rings (SSSR count). The van der Waals surface area contributed by atoms with Crippen LogP contribution in [0.2, 0.25) is 10.0 Å². The molecule has 1 N–H and O–H groups in total. The molecule has 1 unspecified atom stereocenters. The van der Waals surface area contributed by atoms with E-state index >= 15 is 0 Å². The van der Waals surface area contributed by atoms with E-state index in [1.807, 2.05) is 30.3 Å². The molecule has 1 aliphatic heterocycles. The number of carbonyl (C=O) groups excluding carboxylic acids is 1. The molecule has 0 amide bonds. The number of ketones is 1. The lowest BCUT2D eigenvalue weighted by Gasteiger charge is -2.35. The number of fused-ring (bicyclic) bond motifs is 3. The lowest BCUT2D eigenvalue weighted by molar-refractivity contribution is -0.116. The molecule has 3 aromatic rings. The highest BCUT2D eigenvalue weighted by Gasteiger charge is 2.37. The van der Waals surface area contributed by atoms with Gasteiger partial charge < -0.3 is 5.32 Å². The maximum atomic E-state index is 13.0. The summed E-state index contributed by atoms with van der Waals surface area (Å²) in [6.45, 7) is 0. The molecule has 0 saturated carbocycles. The number of aromatic nitrogens is 1. The van der Waals surface area contributed by atoms with Crippen LogP contribution in [0.25, 0.3) is 10.9 Å². The molecule has 1 aliphatic carbocycles. The third kappa shape index (κ3) is 2.65. The fraction of sp³-hybridized carbons (Fsp3) is 0.182. The number of pyridine rings is 1. The van der Waals surface area contributed by atoms with E-state index in [-0.39, 0.29) is 11.7 Å². The molecule has 5 heteroatoms. The van der Waals surface area contributed by atoms with Gasteiger partial charge >= 0.3 is 0 Å². The molecule has 1 atom stereocenters. The highest BCUT2D eigenvalue weighted by Crippen LogP contribution is 2.49. The summed E-state index contributed by atoms with van der Waals surface area (Å²) in [4.78, 5) is 17.4. The first-order valence-corrected chi connectivity index (χ1v) is 9.75. The van der Waals surface area contributed by atoms with Gasteiger partial charge in [-0.15, -0.1) is 0 Å². The molecule has 2 aliphatic rings. The van der Waals surface area contributed by atoms with Crippen molar-refractivity contribution in [1.82, 2.24) is 4.98 Å². The third-order valence-electron chi connectivity index (χ3n) is 5.42. The van der Waals surface area contributed by atoms with Gasteiger partial charge in [-0.3, -0.25) is 9.78 Å². The van der Waals surface area contributed by atoms with Gasteiger partial charge in [0.2, 0.25) is 0 Å². The van der Waals surface area contributed by atoms with Crippen LogP contribution in [0, 0.1) is 0 Å². The summed E-state index contributed by atoms with van der Waals surface area (Å²) in [5, 5.41) is 5.71. The number of hydrogen-bond acceptors (Lipinski definition) is 3. The minimum absolute atomic E-state index is 0.186. The molecule has 0 saturated heterocycles. The minimum atomic E-state index is -0.221. The van der Waals surface area contributed by atoms with Crippen molar-refractivity contribution >= 4 is 45.6 Å². The van der Waals surface area contributed by atoms with Crippen LogP contribution in [-0.4, -0.2) is 10.8 Å². The summed E-state index contributed by atoms with van der Waals surface area (Å²) in [5.74, 6) is -0.0342. The van der Waals surface area contributed by atoms with Gasteiger partial charge in [0.05, 0.1) is 5.52 Å². The van der Waals surface area contributed by atoms with E-state index in [4.69, 9.17) is 23.2 Å². The molecule has 0 spiro atoms. The summed E-state index contributed by atoms with van der Waals surface area (Å²) < 4.78 is 0. The lowest BCUT2D eigenvalue weighted by atomic mass is 9.74. The van der Waals surface area contributed by atoms with Crippen LogP contribution in [0.3, 0.4) is 0 Å². The van der Waals surface area contributed by atoms with Crippen molar-refractivity contribution < 1.29 is 4.79 Å². The Hall–Kier alpha value is -2.36. The van der Waals surface area contributed by atoms with Gasteiger partial charge in [-0.25, -0.2) is 0 Å². The number of rotatable bonds is 1. The van der Waals surface area contributed by atoms with E-state index < -0.39 is 0 Å². The van der Waals surface area contributed by atoms with E-state index in [1.165, 1.54) is 0 Å². The van der Waals surface area contributed by atoms with E-state index in [2.05, 4.69) is 16.4 Å². The first kappa shape index (κ1) is 16.8. The van der Waals surface area contributed by atoms with Gasteiger partial charge in [-0.2, -0.15) is 0 Å². The number of carbonyl (C=O) groups is 1. The number of allylic oxidation sites excluding steroid dienone is 2. The smallest absolute Gasteiger partial charge is 0.161 e. The number of Topliss-reactive ketones (excluding diaryl/α,β-unsaturated/α-hetero) is 1. The van der Waals surface area contributed by atoms with Crippen molar-refractivity contribution in [2.24, 2.45) is 0 Å². The Labute approximate surface area is 167 Å². The van der Waals surface area contributed by atoms with E-state index in [1.54, 1.807) is 12.3 Å². The van der Waals surface area contributed by atoms with Crippen LogP contribution in [0.4, 0.5) is 5.69 Å². The van der Waals surface area contributed by atoms with E-state index in [0.717, 1.165) is 51.8 Å². The van der Waals surface area contributed by atoms with Crippen LogP contribution >= 0.6 is 23.2 Å². The second kappa shape index (κ2) is 6.36. The minimum Gasteiger partial charge on any atom is -0.358 e. The topological polar surface area (TPSA) is 42.0 Å². The zero-order valence-electron chi connectivity index (χ0n) is 14.4. The maximum absolute atomic E-state index is 13.0. The van der Waals surface area contributed by atoms with Crippen LogP contribution < -0.4 is 5.32 Å². The average molecular weight is 395 g/mol. The second-order valence-corrected chi connectivity index (χ2v) is 7.83. The van der Waals surface area contributed by atoms with Gasteiger partial charge in [0, 0.05) is 50.9 Å². The number of halogens is 2. The van der Waals surface area contributed by atoms with Crippen molar-refractivity contribution in [3.8, 4) is 0 Å². The Morgan fingerprint density at radius 3 is 2.81 bits per heavy atom. The largest absolute Gasteiger partial charge is 0.358 e. The molecule has 0 bridgehead atoms. The quantitative estimate of drug-likeness (QED) is 0.541. The zero-order chi connectivity index (χ0) is 18.5. The number of anilines is 1. The standard InChI is InChI=1S/C22H16Cl2N2O/c23-12-6-7-13(15(24)11-12)21-20-14-3-2-10-25-16(14)8-9-18(20)26-17-4-1-5-19(27)22(17)21/h2-3,6-11,21,26H,1,4-5H2. The number of nitrogens with one attached hydrogen (secondary N) is 1. The first-order chi connectivity index (χ1) is 13.1. The molecule has 0 radical (unpaired) electrons. The van der Waals surface area contributed by atoms with Gasteiger partial charge in [0.25, 0.3) is 0 Å². The fourth-order valence-corrected chi connectivity index (χ4v) is 4.79. The van der Waals surface area contributed by atoms with Gasteiger partial charge in [-0.1, -0.05) is 35.3 Å². The highest BCUT2D eigenvalue weighted by atomic mass is 35.5. The normalized spacial score (nSPS) is 18.9. The first-order valence-electron chi connectivity index (χ1n) is 8.99. The fourth-order valence-electron chi connectivity index (χ4n) is 4.28. The Morgan fingerprint density at radius 1 is 1.07 bits per heavy atom. The SMILES string of the molecule is O=C1CCCC2=C1C(c1ccc(Cl)cc1Cl)c1c(ccc3ncccc13)N2. The van der Waals surface area contributed by atoms with Gasteiger partial charge in [0.15, 0.2) is 5.78 Å². The summed E-state index contributed by atoms with van der Waals surface area (Å²) >= 11 is 12.7. The van der Waals surface area contributed by atoms with Crippen LogP contribution in [0.15, 0.2) is 59.9 Å². The molecule has 1 aromatic heterocycles. The van der Waals surface area contributed by atoms with Crippen LogP contribution in [0.5, 0.6) is 0 Å². The monoisotopic (exact) mass is 394 g/mol. The Bertz CT molecular complexity index is 1140. The van der Waals surface area contributed by atoms with Crippen molar-refractivity contribution in [3.63, 3.8) is 0 Å². The Kier molecular flexibility index (Phi) is 3.96. The lowest BCUT2D eigenvalue weighted by Crippen LogP contribution is -2.27. The van der Waals surface area contributed by atoms with E-state index in [9.17, 15) is 4.79 Å². The molecule has 134 valence electrons. The van der Waals surface area contributed by atoms with Gasteiger partial charge in [0.1, 0.15) is 0 Å². The van der Waals surface area contributed by atoms with Crippen LogP contribution in [-0.2, 0) is 4.79 Å². The Morgan fingerprint density at radius 2 is 1.96 bits per heavy atom.